The van der Waals surface area contributed by atoms with Gasteiger partial charge in [-0.15, -0.1) is 0 Å². The molecule has 0 radical (unpaired) electrons. The molecule has 0 bridgehead atoms. The molecule has 0 saturated heterocycles. The molecule has 3 aromatic rings. The van der Waals surface area contributed by atoms with E-state index in [0.29, 0.717) is 17.2 Å². The van der Waals surface area contributed by atoms with Crippen molar-refractivity contribution < 1.29 is 24.2 Å². The predicted octanol–water partition coefficient (Wildman–Crippen LogP) is 3.49. The Hall–Kier alpha value is -4.00. The van der Waals surface area contributed by atoms with Crippen molar-refractivity contribution in [2.24, 2.45) is 0 Å². The van der Waals surface area contributed by atoms with Gasteiger partial charge in [-0.25, -0.2) is 9.18 Å². The molecule has 1 aromatic heterocycles. The molecule has 0 saturated carbocycles. The number of aromatic nitrogens is 1. The molecule has 158 valence electrons. The minimum atomic E-state index is -1.76. The number of carbonyl (C=O) groups is 2. The molecule has 0 amide bonds. The number of carbonyl (C=O) groups excluding carboxylic acids is 1. The summed E-state index contributed by atoms with van der Waals surface area (Å²) in [4.78, 5) is 35.2. The topological polar surface area (TPSA) is 96.6 Å². The van der Waals surface area contributed by atoms with Crippen LogP contribution in [-0.4, -0.2) is 26.5 Å². The summed E-state index contributed by atoms with van der Waals surface area (Å²) >= 11 is 0. The van der Waals surface area contributed by atoms with Crippen molar-refractivity contribution in [1.29, 1.82) is 0 Å². The SMILES string of the molecule is Cc1cccc(Cn2cc(Cc3ccccc3F)cc(/C(O)=C/C(=O)C(=O)O)c2=O)c1. The number of ketones is 1. The lowest BCUT2D eigenvalue weighted by molar-refractivity contribution is -0.146. The van der Waals surface area contributed by atoms with Gasteiger partial charge in [-0.3, -0.25) is 9.59 Å². The number of benzene rings is 2. The summed E-state index contributed by atoms with van der Waals surface area (Å²) in [5, 5.41) is 19.1. The Morgan fingerprint density at radius 3 is 2.45 bits per heavy atom. The second kappa shape index (κ2) is 9.21. The van der Waals surface area contributed by atoms with Gasteiger partial charge in [-0.1, -0.05) is 48.0 Å². The van der Waals surface area contributed by atoms with Crippen molar-refractivity contribution in [1.82, 2.24) is 4.57 Å². The summed E-state index contributed by atoms with van der Waals surface area (Å²) in [7, 11) is 0. The van der Waals surface area contributed by atoms with Crippen molar-refractivity contribution in [2.45, 2.75) is 19.9 Å². The second-order valence-corrected chi connectivity index (χ2v) is 7.15. The van der Waals surface area contributed by atoms with Gasteiger partial charge < -0.3 is 14.8 Å². The van der Waals surface area contributed by atoms with E-state index in [-0.39, 0.29) is 18.5 Å². The summed E-state index contributed by atoms with van der Waals surface area (Å²) in [5.74, 6) is -4.29. The van der Waals surface area contributed by atoms with Crippen LogP contribution in [0.5, 0.6) is 0 Å². The van der Waals surface area contributed by atoms with E-state index in [2.05, 4.69) is 0 Å². The van der Waals surface area contributed by atoms with Crippen LogP contribution >= 0.6 is 0 Å². The molecule has 0 aliphatic carbocycles. The van der Waals surface area contributed by atoms with Crippen LogP contribution in [0, 0.1) is 12.7 Å². The van der Waals surface area contributed by atoms with Crippen molar-refractivity contribution in [3.63, 3.8) is 0 Å². The number of pyridine rings is 1. The highest BCUT2D eigenvalue weighted by Crippen LogP contribution is 2.17. The van der Waals surface area contributed by atoms with Crippen molar-refractivity contribution in [2.75, 3.05) is 0 Å². The Bertz CT molecular complexity index is 1240. The molecule has 0 fully saturated rings. The Morgan fingerprint density at radius 2 is 1.77 bits per heavy atom. The van der Waals surface area contributed by atoms with Gasteiger partial charge in [0.05, 0.1) is 12.1 Å². The molecule has 1 heterocycles. The third-order valence-corrected chi connectivity index (χ3v) is 4.69. The Morgan fingerprint density at radius 1 is 1.03 bits per heavy atom. The van der Waals surface area contributed by atoms with E-state index in [0.717, 1.165) is 11.1 Å². The maximum atomic E-state index is 14.1. The fourth-order valence-corrected chi connectivity index (χ4v) is 3.23. The molecule has 7 heteroatoms. The zero-order chi connectivity index (χ0) is 22.5. The number of carboxylic acids is 1. The first-order valence-electron chi connectivity index (χ1n) is 9.45. The zero-order valence-electron chi connectivity index (χ0n) is 16.7. The lowest BCUT2D eigenvalue weighted by Crippen LogP contribution is -2.25. The first-order valence-corrected chi connectivity index (χ1v) is 9.45. The number of aliphatic hydroxyl groups excluding tert-OH is 1. The summed E-state index contributed by atoms with van der Waals surface area (Å²) in [6, 6.07) is 15.0. The third kappa shape index (κ3) is 5.33. The molecule has 2 N–H and O–H groups in total. The second-order valence-electron chi connectivity index (χ2n) is 7.15. The number of rotatable bonds is 7. The molecule has 0 aliphatic heterocycles. The van der Waals surface area contributed by atoms with Crippen LogP contribution in [0.25, 0.3) is 5.76 Å². The average Bonchev–Trinajstić information content (AvgIpc) is 2.71. The van der Waals surface area contributed by atoms with Gasteiger partial charge in [0.1, 0.15) is 11.6 Å². The highest BCUT2D eigenvalue weighted by atomic mass is 19.1. The Kier molecular flexibility index (Phi) is 6.45. The van der Waals surface area contributed by atoms with Gasteiger partial charge in [-0.05, 0) is 35.7 Å². The molecule has 31 heavy (non-hydrogen) atoms. The summed E-state index contributed by atoms with van der Waals surface area (Å²) in [6.45, 7) is 2.09. The number of halogens is 1. The Labute approximate surface area is 177 Å². The van der Waals surface area contributed by atoms with Gasteiger partial charge in [0.2, 0.25) is 0 Å². The fourth-order valence-electron chi connectivity index (χ4n) is 3.23. The summed E-state index contributed by atoms with van der Waals surface area (Å²) in [5.41, 5.74) is 1.89. The number of hydrogen-bond acceptors (Lipinski definition) is 4. The summed E-state index contributed by atoms with van der Waals surface area (Å²) < 4.78 is 15.5. The number of carboxylic acid groups (broad SMARTS) is 1. The van der Waals surface area contributed by atoms with Crippen molar-refractivity contribution >= 4 is 17.5 Å². The van der Waals surface area contributed by atoms with Crippen LogP contribution < -0.4 is 5.56 Å². The van der Waals surface area contributed by atoms with Gasteiger partial charge in [0, 0.05) is 18.7 Å². The largest absolute Gasteiger partial charge is 0.507 e. The van der Waals surface area contributed by atoms with Crippen LogP contribution in [0.3, 0.4) is 0 Å². The molecule has 0 atom stereocenters. The van der Waals surface area contributed by atoms with E-state index in [4.69, 9.17) is 5.11 Å². The molecule has 0 unspecified atom stereocenters. The van der Waals surface area contributed by atoms with Crippen molar-refractivity contribution in [3.8, 4) is 0 Å². The van der Waals surface area contributed by atoms with Gasteiger partial charge in [0.25, 0.3) is 11.3 Å². The van der Waals surface area contributed by atoms with Gasteiger partial charge in [-0.2, -0.15) is 0 Å². The molecule has 6 nitrogen and oxygen atoms in total. The molecule has 2 aromatic carbocycles. The minimum absolute atomic E-state index is 0.133. The zero-order valence-corrected chi connectivity index (χ0v) is 16.7. The summed E-state index contributed by atoms with van der Waals surface area (Å²) in [6.07, 6.45) is 2.18. The van der Waals surface area contributed by atoms with E-state index in [1.54, 1.807) is 24.4 Å². The van der Waals surface area contributed by atoms with E-state index < -0.39 is 28.9 Å². The molecular weight excluding hydrogens is 401 g/mol. The first-order chi connectivity index (χ1) is 14.7. The van der Waals surface area contributed by atoms with Gasteiger partial charge in [0.15, 0.2) is 0 Å². The lowest BCUT2D eigenvalue weighted by atomic mass is 10.0. The maximum absolute atomic E-state index is 14.1. The molecular formula is C24H20FNO5. The van der Waals surface area contributed by atoms with Gasteiger partial charge >= 0.3 is 5.97 Å². The van der Waals surface area contributed by atoms with E-state index >= 15 is 0 Å². The maximum Gasteiger partial charge on any atom is 0.376 e. The Balaban J connectivity index is 2.10. The number of aliphatic carboxylic acids is 1. The highest BCUT2D eigenvalue weighted by Gasteiger charge is 2.16. The van der Waals surface area contributed by atoms with E-state index in [1.165, 1.54) is 16.7 Å². The fraction of sp³-hybridized carbons (Fsp3) is 0.125. The van der Waals surface area contributed by atoms with Crippen LogP contribution in [0.2, 0.25) is 0 Å². The van der Waals surface area contributed by atoms with Crippen LogP contribution in [-0.2, 0) is 22.6 Å². The lowest BCUT2D eigenvalue weighted by Gasteiger charge is -2.13. The van der Waals surface area contributed by atoms with E-state index in [9.17, 15) is 23.9 Å². The average molecular weight is 421 g/mol. The third-order valence-electron chi connectivity index (χ3n) is 4.69. The predicted molar refractivity (Wildman–Crippen MR) is 113 cm³/mol. The minimum Gasteiger partial charge on any atom is -0.507 e. The molecule has 0 aliphatic rings. The number of aliphatic hydroxyl groups is 1. The van der Waals surface area contributed by atoms with Crippen LogP contribution in [0.15, 0.2) is 71.7 Å². The highest BCUT2D eigenvalue weighted by molar-refractivity contribution is 6.38. The first kappa shape index (κ1) is 21.7. The molecule has 3 rings (SSSR count). The van der Waals surface area contributed by atoms with Crippen LogP contribution in [0.1, 0.15) is 27.8 Å². The number of hydrogen-bond donors (Lipinski definition) is 2. The van der Waals surface area contributed by atoms with Crippen molar-refractivity contribution in [3.05, 3.63) is 111 Å². The quantitative estimate of drug-likeness (QED) is 0.346. The molecule has 0 spiro atoms. The number of aryl methyl sites for hydroxylation is 1. The number of nitrogens with zero attached hydrogens (tertiary/aromatic N) is 1. The normalized spacial score (nSPS) is 11.4. The monoisotopic (exact) mass is 421 g/mol. The smallest absolute Gasteiger partial charge is 0.376 e. The standard InChI is InChI=1S/C24H20FNO5/c1-15-5-4-6-16(9-15)13-26-14-17(10-18-7-2-3-8-20(18)25)11-19(23(26)29)21(27)12-22(28)24(30)31/h2-9,11-12,14,27H,10,13H2,1H3,(H,30,31)/b21-12-. The van der Waals surface area contributed by atoms with Crippen LogP contribution in [0.4, 0.5) is 4.39 Å². The van der Waals surface area contributed by atoms with E-state index in [1.807, 2.05) is 31.2 Å².